The van der Waals surface area contributed by atoms with Crippen LogP contribution in [-0.2, 0) is 9.59 Å². The van der Waals surface area contributed by atoms with Gasteiger partial charge in [0.2, 0.25) is 0 Å². The Hall–Kier alpha value is -0.860. The Labute approximate surface area is 97.2 Å². The topological polar surface area (TPSA) is 54.4 Å². The molecule has 2 atom stereocenters. The first-order valence-electron chi connectivity index (χ1n) is 6.40. The number of ketones is 1. The number of carbonyl (C=O) groups is 2. The Morgan fingerprint density at radius 3 is 2.75 bits per heavy atom. The zero-order chi connectivity index (χ0) is 12.0. The Balaban J connectivity index is 2.32. The lowest BCUT2D eigenvalue weighted by molar-refractivity contribution is -0.144. The summed E-state index contributed by atoms with van der Waals surface area (Å²) in [4.78, 5) is 22.5. The number of hydrogen-bond acceptors (Lipinski definition) is 2. The van der Waals surface area contributed by atoms with Gasteiger partial charge in [0.05, 0.1) is 5.92 Å². The van der Waals surface area contributed by atoms with E-state index in [1.54, 1.807) is 0 Å². The molecule has 0 aliphatic heterocycles. The van der Waals surface area contributed by atoms with E-state index in [1.165, 1.54) is 12.8 Å². The summed E-state index contributed by atoms with van der Waals surface area (Å²) in [5.41, 5.74) is 0. The van der Waals surface area contributed by atoms with Crippen molar-refractivity contribution in [2.24, 2.45) is 11.8 Å². The maximum Gasteiger partial charge on any atom is 0.306 e. The van der Waals surface area contributed by atoms with Crippen LogP contribution in [-0.4, -0.2) is 16.9 Å². The Morgan fingerprint density at radius 1 is 1.38 bits per heavy atom. The van der Waals surface area contributed by atoms with E-state index in [0.29, 0.717) is 19.3 Å². The number of carboxylic acid groups (broad SMARTS) is 1. The number of carbonyl (C=O) groups excluding carboxylic acids is 1. The highest BCUT2D eigenvalue weighted by Crippen LogP contribution is 2.30. The van der Waals surface area contributed by atoms with Gasteiger partial charge < -0.3 is 5.11 Å². The van der Waals surface area contributed by atoms with Gasteiger partial charge in [-0.3, -0.25) is 9.59 Å². The number of carboxylic acids is 1. The van der Waals surface area contributed by atoms with Gasteiger partial charge >= 0.3 is 5.97 Å². The molecule has 0 aromatic rings. The summed E-state index contributed by atoms with van der Waals surface area (Å²) in [5, 5.41) is 8.94. The number of Topliss-reactive ketones (excluding diaryl/α,β-unsaturated/α-hetero) is 1. The first-order valence-corrected chi connectivity index (χ1v) is 6.40. The number of unbranched alkanes of at least 4 members (excludes halogenated alkanes) is 3. The van der Waals surface area contributed by atoms with E-state index in [4.69, 9.17) is 5.11 Å². The lowest BCUT2D eigenvalue weighted by atomic mass is 9.78. The summed E-state index contributed by atoms with van der Waals surface area (Å²) in [7, 11) is 0. The average molecular weight is 226 g/mol. The van der Waals surface area contributed by atoms with Crippen molar-refractivity contribution in [1.82, 2.24) is 0 Å². The molecule has 0 heterocycles. The van der Waals surface area contributed by atoms with Crippen LogP contribution in [0.4, 0.5) is 0 Å². The fourth-order valence-electron chi connectivity index (χ4n) is 2.43. The van der Waals surface area contributed by atoms with Gasteiger partial charge in [-0.2, -0.15) is 0 Å². The van der Waals surface area contributed by atoms with Crippen LogP contribution in [0, 0.1) is 11.8 Å². The van der Waals surface area contributed by atoms with Gasteiger partial charge in [0.1, 0.15) is 5.78 Å². The Bertz CT molecular complexity index is 248. The SMILES string of the molecule is CCCCCCC1CC(C(=O)O)CCC1=O. The summed E-state index contributed by atoms with van der Waals surface area (Å²) < 4.78 is 0. The van der Waals surface area contributed by atoms with Crippen LogP contribution >= 0.6 is 0 Å². The second-order valence-electron chi connectivity index (χ2n) is 4.82. The maximum atomic E-state index is 11.6. The molecule has 1 aliphatic carbocycles. The molecular formula is C13H22O3. The van der Waals surface area contributed by atoms with E-state index in [1.807, 2.05) is 0 Å². The van der Waals surface area contributed by atoms with Crippen molar-refractivity contribution in [3.63, 3.8) is 0 Å². The zero-order valence-corrected chi connectivity index (χ0v) is 10.1. The summed E-state index contributed by atoms with van der Waals surface area (Å²) in [6, 6.07) is 0. The number of rotatable bonds is 6. The van der Waals surface area contributed by atoms with Crippen LogP contribution in [0.5, 0.6) is 0 Å². The predicted octanol–water partition coefficient (Wildman–Crippen LogP) is 3.03. The molecule has 0 bridgehead atoms. The normalized spacial score (nSPS) is 25.7. The second kappa shape index (κ2) is 6.66. The third-order valence-corrected chi connectivity index (χ3v) is 3.52. The lowest BCUT2D eigenvalue weighted by Gasteiger charge is -2.25. The molecule has 0 radical (unpaired) electrons. The van der Waals surface area contributed by atoms with Crippen molar-refractivity contribution in [3.05, 3.63) is 0 Å². The molecule has 0 saturated heterocycles. The minimum atomic E-state index is -0.731. The number of aliphatic carboxylic acids is 1. The highest BCUT2D eigenvalue weighted by atomic mass is 16.4. The second-order valence-corrected chi connectivity index (χ2v) is 4.82. The van der Waals surface area contributed by atoms with Gasteiger partial charge in [0, 0.05) is 12.3 Å². The van der Waals surface area contributed by atoms with E-state index in [-0.39, 0.29) is 17.6 Å². The Kier molecular flexibility index (Phi) is 5.50. The van der Waals surface area contributed by atoms with Crippen LogP contribution in [0.2, 0.25) is 0 Å². The third kappa shape index (κ3) is 3.95. The summed E-state index contributed by atoms with van der Waals surface area (Å²) in [6.07, 6.45) is 7.10. The molecule has 1 saturated carbocycles. The molecule has 0 aromatic carbocycles. The first-order chi connectivity index (χ1) is 7.65. The average Bonchev–Trinajstić information content (AvgIpc) is 2.26. The molecule has 1 N–H and O–H groups in total. The molecular weight excluding hydrogens is 204 g/mol. The maximum absolute atomic E-state index is 11.6. The van der Waals surface area contributed by atoms with Gasteiger partial charge in [0.15, 0.2) is 0 Å². The monoisotopic (exact) mass is 226 g/mol. The predicted molar refractivity (Wildman–Crippen MR) is 62.2 cm³/mol. The molecule has 0 amide bonds. The Morgan fingerprint density at radius 2 is 2.12 bits per heavy atom. The van der Waals surface area contributed by atoms with Crippen molar-refractivity contribution in [2.45, 2.75) is 58.3 Å². The number of hydrogen-bond donors (Lipinski definition) is 1. The fraction of sp³-hybridized carbons (Fsp3) is 0.846. The zero-order valence-electron chi connectivity index (χ0n) is 10.1. The van der Waals surface area contributed by atoms with E-state index in [9.17, 15) is 9.59 Å². The molecule has 2 unspecified atom stereocenters. The van der Waals surface area contributed by atoms with Crippen LogP contribution in [0.25, 0.3) is 0 Å². The van der Waals surface area contributed by atoms with E-state index in [0.717, 1.165) is 19.3 Å². The van der Waals surface area contributed by atoms with Crippen LogP contribution in [0.3, 0.4) is 0 Å². The molecule has 1 fully saturated rings. The van der Waals surface area contributed by atoms with Crippen LogP contribution in [0.1, 0.15) is 58.3 Å². The molecule has 1 aliphatic rings. The molecule has 3 nitrogen and oxygen atoms in total. The lowest BCUT2D eigenvalue weighted by Crippen LogP contribution is -2.29. The standard InChI is InChI=1S/C13H22O3/c1-2-3-4-5-6-10-9-11(13(15)16)7-8-12(10)14/h10-11H,2-9H2,1H3,(H,15,16). The van der Waals surface area contributed by atoms with Gasteiger partial charge in [-0.15, -0.1) is 0 Å². The summed E-state index contributed by atoms with van der Waals surface area (Å²) >= 11 is 0. The summed E-state index contributed by atoms with van der Waals surface area (Å²) in [5.74, 6) is -0.708. The molecule has 0 aromatic heterocycles. The fourth-order valence-corrected chi connectivity index (χ4v) is 2.43. The minimum Gasteiger partial charge on any atom is -0.481 e. The largest absolute Gasteiger partial charge is 0.481 e. The highest BCUT2D eigenvalue weighted by Gasteiger charge is 2.31. The van der Waals surface area contributed by atoms with Crippen molar-refractivity contribution < 1.29 is 14.7 Å². The van der Waals surface area contributed by atoms with Gasteiger partial charge in [-0.1, -0.05) is 32.6 Å². The van der Waals surface area contributed by atoms with Crippen molar-refractivity contribution in [3.8, 4) is 0 Å². The van der Waals surface area contributed by atoms with Crippen LogP contribution in [0.15, 0.2) is 0 Å². The van der Waals surface area contributed by atoms with Crippen molar-refractivity contribution in [1.29, 1.82) is 0 Å². The van der Waals surface area contributed by atoms with E-state index in [2.05, 4.69) is 6.92 Å². The van der Waals surface area contributed by atoms with Crippen molar-refractivity contribution >= 4 is 11.8 Å². The quantitative estimate of drug-likeness (QED) is 0.708. The van der Waals surface area contributed by atoms with Gasteiger partial charge in [-0.25, -0.2) is 0 Å². The van der Waals surface area contributed by atoms with Gasteiger partial charge in [-0.05, 0) is 19.3 Å². The first kappa shape index (κ1) is 13.2. The van der Waals surface area contributed by atoms with E-state index < -0.39 is 5.97 Å². The highest BCUT2D eigenvalue weighted by molar-refractivity contribution is 5.84. The minimum absolute atomic E-state index is 0.0201. The molecule has 1 rings (SSSR count). The molecule has 92 valence electrons. The van der Waals surface area contributed by atoms with Gasteiger partial charge in [0.25, 0.3) is 0 Å². The van der Waals surface area contributed by atoms with E-state index >= 15 is 0 Å². The molecule has 3 heteroatoms. The summed E-state index contributed by atoms with van der Waals surface area (Å²) in [6.45, 7) is 2.16. The molecule has 16 heavy (non-hydrogen) atoms. The molecule has 0 spiro atoms. The smallest absolute Gasteiger partial charge is 0.306 e. The van der Waals surface area contributed by atoms with Crippen molar-refractivity contribution in [2.75, 3.05) is 0 Å². The van der Waals surface area contributed by atoms with Crippen LogP contribution < -0.4 is 0 Å². The third-order valence-electron chi connectivity index (χ3n) is 3.52.